The van der Waals surface area contributed by atoms with Gasteiger partial charge >= 0.3 is 0 Å². The molecule has 2 aromatic rings. The first-order chi connectivity index (χ1) is 11.4. The van der Waals surface area contributed by atoms with Gasteiger partial charge in [-0.05, 0) is 41.3 Å². The van der Waals surface area contributed by atoms with E-state index in [0.717, 1.165) is 25.4 Å². The van der Waals surface area contributed by atoms with Gasteiger partial charge < -0.3 is 4.74 Å². The van der Waals surface area contributed by atoms with E-state index in [0.29, 0.717) is 0 Å². The SMILES string of the molecule is COC1=CCN(N2CCCCC2)C1c1ccc2ccccc2c1. The monoisotopic (exact) mass is 308 g/mol. The highest BCUT2D eigenvalue weighted by Crippen LogP contribution is 2.36. The number of benzene rings is 2. The fourth-order valence-corrected chi connectivity index (χ4v) is 3.87. The Balaban J connectivity index is 1.69. The van der Waals surface area contributed by atoms with Crippen LogP contribution < -0.4 is 0 Å². The van der Waals surface area contributed by atoms with Crippen LogP contribution in [0.2, 0.25) is 0 Å². The molecular weight excluding hydrogens is 284 g/mol. The maximum atomic E-state index is 5.70. The van der Waals surface area contributed by atoms with E-state index < -0.39 is 0 Å². The number of hydrazine groups is 1. The number of fused-ring (bicyclic) bond motifs is 1. The van der Waals surface area contributed by atoms with E-state index in [2.05, 4.69) is 58.6 Å². The third-order valence-electron chi connectivity index (χ3n) is 5.07. The van der Waals surface area contributed by atoms with E-state index in [1.807, 2.05) is 0 Å². The molecule has 1 atom stereocenters. The highest BCUT2D eigenvalue weighted by molar-refractivity contribution is 5.83. The van der Waals surface area contributed by atoms with E-state index in [1.165, 1.54) is 35.6 Å². The smallest absolute Gasteiger partial charge is 0.116 e. The molecule has 3 heteroatoms. The molecule has 0 saturated carbocycles. The fourth-order valence-electron chi connectivity index (χ4n) is 3.87. The number of piperidine rings is 1. The molecule has 0 amide bonds. The van der Waals surface area contributed by atoms with Gasteiger partial charge in [0.1, 0.15) is 11.8 Å². The van der Waals surface area contributed by atoms with Crippen LogP contribution in [-0.4, -0.2) is 36.8 Å². The lowest BCUT2D eigenvalue weighted by Gasteiger charge is -2.39. The molecule has 2 aromatic carbocycles. The molecule has 0 bridgehead atoms. The lowest BCUT2D eigenvalue weighted by Crippen LogP contribution is -2.45. The van der Waals surface area contributed by atoms with Gasteiger partial charge in [0, 0.05) is 19.6 Å². The Bertz CT molecular complexity index is 718. The predicted octanol–water partition coefficient (Wildman–Crippen LogP) is 4.13. The standard InChI is InChI=1S/C20H24N2O/c1-23-19-11-14-22(21-12-5-2-6-13-21)20(19)18-10-9-16-7-3-4-8-17(16)15-18/h3-4,7-11,15,20H,2,5-6,12-14H2,1H3. The number of hydrogen-bond donors (Lipinski definition) is 0. The molecular formula is C20H24N2O. The van der Waals surface area contributed by atoms with Gasteiger partial charge in [-0.1, -0.05) is 42.8 Å². The zero-order chi connectivity index (χ0) is 15.6. The van der Waals surface area contributed by atoms with Crippen LogP contribution in [0.4, 0.5) is 0 Å². The highest BCUT2D eigenvalue weighted by Gasteiger charge is 2.34. The van der Waals surface area contributed by atoms with Crippen molar-refractivity contribution in [1.82, 2.24) is 10.0 Å². The molecule has 0 radical (unpaired) electrons. The van der Waals surface area contributed by atoms with Gasteiger partial charge in [-0.15, -0.1) is 0 Å². The van der Waals surface area contributed by atoms with Crippen molar-refractivity contribution in [2.24, 2.45) is 0 Å². The first kappa shape index (κ1) is 14.7. The molecule has 0 aromatic heterocycles. The molecule has 0 aliphatic carbocycles. The Morgan fingerprint density at radius 1 is 0.957 bits per heavy atom. The zero-order valence-corrected chi connectivity index (χ0v) is 13.7. The number of rotatable bonds is 3. The largest absolute Gasteiger partial charge is 0.499 e. The molecule has 23 heavy (non-hydrogen) atoms. The molecule has 2 heterocycles. The lowest BCUT2D eigenvalue weighted by atomic mass is 10.0. The van der Waals surface area contributed by atoms with Gasteiger partial charge in [0.15, 0.2) is 0 Å². The Kier molecular flexibility index (Phi) is 4.06. The van der Waals surface area contributed by atoms with Crippen LogP contribution >= 0.6 is 0 Å². The quantitative estimate of drug-likeness (QED) is 0.848. The summed E-state index contributed by atoms with van der Waals surface area (Å²) in [5.74, 6) is 1.07. The van der Waals surface area contributed by atoms with Crippen LogP contribution in [0, 0.1) is 0 Å². The van der Waals surface area contributed by atoms with E-state index >= 15 is 0 Å². The maximum absolute atomic E-state index is 5.70. The average molecular weight is 308 g/mol. The average Bonchev–Trinajstić information content (AvgIpc) is 3.06. The summed E-state index contributed by atoms with van der Waals surface area (Å²) in [5, 5.41) is 7.60. The minimum absolute atomic E-state index is 0.211. The van der Waals surface area contributed by atoms with Gasteiger partial charge in [0.2, 0.25) is 0 Å². The first-order valence-corrected chi connectivity index (χ1v) is 8.61. The summed E-state index contributed by atoms with van der Waals surface area (Å²) in [6.07, 6.45) is 6.18. The lowest BCUT2D eigenvalue weighted by molar-refractivity contribution is -0.0547. The van der Waals surface area contributed by atoms with Crippen molar-refractivity contribution in [2.45, 2.75) is 25.3 Å². The molecule has 0 spiro atoms. The van der Waals surface area contributed by atoms with Crippen LogP contribution in [0.15, 0.2) is 54.3 Å². The predicted molar refractivity (Wildman–Crippen MR) is 93.9 cm³/mol. The summed E-state index contributed by atoms with van der Waals surface area (Å²) in [6, 6.07) is 15.6. The van der Waals surface area contributed by atoms with Crippen LogP contribution in [0.3, 0.4) is 0 Å². The topological polar surface area (TPSA) is 15.7 Å². The maximum Gasteiger partial charge on any atom is 0.116 e. The fraction of sp³-hybridized carbons (Fsp3) is 0.400. The summed E-state index contributed by atoms with van der Waals surface area (Å²) in [4.78, 5) is 0. The van der Waals surface area contributed by atoms with E-state index in [4.69, 9.17) is 4.74 Å². The molecule has 120 valence electrons. The van der Waals surface area contributed by atoms with Crippen molar-refractivity contribution in [3.8, 4) is 0 Å². The summed E-state index contributed by atoms with van der Waals surface area (Å²) in [5.41, 5.74) is 1.32. The number of nitrogens with zero attached hydrogens (tertiary/aromatic N) is 2. The van der Waals surface area contributed by atoms with Gasteiger partial charge in [-0.25, -0.2) is 10.0 Å². The number of hydrogen-bond acceptors (Lipinski definition) is 3. The van der Waals surface area contributed by atoms with E-state index in [-0.39, 0.29) is 6.04 Å². The van der Waals surface area contributed by atoms with Crippen molar-refractivity contribution in [3.63, 3.8) is 0 Å². The van der Waals surface area contributed by atoms with Crippen molar-refractivity contribution < 1.29 is 4.74 Å². The minimum Gasteiger partial charge on any atom is -0.499 e. The normalized spacial score (nSPS) is 23.2. The van der Waals surface area contributed by atoms with Gasteiger partial charge in [0.05, 0.1) is 7.11 Å². The summed E-state index contributed by atoms with van der Waals surface area (Å²) in [6.45, 7) is 3.27. The first-order valence-electron chi connectivity index (χ1n) is 8.61. The minimum atomic E-state index is 0.211. The Labute approximate surface area is 138 Å². The molecule has 1 unspecified atom stereocenters. The van der Waals surface area contributed by atoms with Crippen LogP contribution in [-0.2, 0) is 4.74 Å². The molecule has 0 N–H and O–H groups in total. The number of methoxy groups -OCH3 is 1. The third kappa shape index (κ3) is 2.75. The molecule has 3 nitrogen and oxygen atoms in total. The Morgan fingerprint density at radius 2 is 1.74 bits per heavy atom. The van der Waals surface area contributed by atoms with Crippen molar-refractivity contribution in [2.75, 3.05) is 26.7 Å². The van der Waals surface area contributed by atoms with E-state index in [9.17, 15) is 0 Å². The molecule has 4 rings (SSSR count). The second-order valence-electron chi connectivity index (χ2n) is 6.46. The summed E-state index contributed by atoms with van der Waals surface area (Å²) in [7, 11) is 1.79. The second kappa shape index (κ2) is 6.34. The summed E-state index contributed by atoms with van der Waals surface area (Å²) >= 11 is 0. The van der Waals surface area contributed by atoms with Gasteiger partial charge in [-0.2, -0.15) is 0 Å². The van der Waals surface area contributed by atoms with Crippen LogP contribution in [0.5, 0.6) is 0 Å². The molecule has 2 aliphatic heterocycles. The van der Waals surface area contributed by atoms with E-state index in [1.54, 1.807) is 7.11 Å². The van der Waals surface area contributed by atoms with Crippen molar-refractivity contribution in [1.29, 1.82) is 0 Å². The number of ether oxygens (including phenoxy) is 1. The molecule has 1 saturated heterocycles. The summed E-state index contributed by atoms with van der Waals surface area (Å²) < 4.78 is 5.70. The van der Waals surface area contributed by atoms with Gasteiger partial charge in [0.25, 0.3) is 0 Å². The highest BCUT2D eigenvalue weighted by atomic mass is 16.5. The molecule has 1 fully saturated rings. The van der Waals surface area contributed by atoms with Crippen LogP contribution in [0.25, 0.3) is 10.8 Å². The third-order valence-corrected chi connectivity index (χ3v) is 5.07. The van der Waals surface area contributed by atoms with Crippen molar-refractivity contribution in [3.05, 3.63) is 59.9 Å². The van der Waals surface area contributed by atoms with Crippen LogP contribution in [0.1, 0.15) is 30.9 Å². The van der Waals surface area contributed by atoms with Crippen molar-refractivity contribution >= 4 is 10.8 Å². The van der Waals surface area contributed by atoms with Gasteiger partial charge in [-0.3, -0.25) is 0 Å². The second-order valence-corrected chi connectivity index (χ2v) is 6.46. The Morgan fingerprint density at radius 3 is 2.52 bits per heavy atom. The zero-order valence-electron chi connectivity index (χ0n) is 13.7. The Hall–Kier alpha value is -1.84. The molecule has 2 aliphatic rings.